The molecule has 0 bridgehead atoms. The molecule has 0 aliphatic carbocycles. The van der Waals surface area contributed by atoms with Crippen LogP contribution in [0.25, 0.3) is 0 Å². The van der Waals surface area contributed by atoms with E-state index in [4.69, 9.17) is 9.72 Å². The van der Waals surface area contributed by atoms with Crippen LogP contribution >= 0.6 is 0 Å². The van der Waals surface area contributed by atoms with Gasteiger partial charge in [-0.3, -0.25) is 9.78 Å². The molecule has 0 saturated carbocycles. The molecule has 2 N–H and O–H groups in total. The molecule has 0 unspecified atom stereocenters. The molecule has 3 atom stereocenters. The van der Waals surface area contributed by atoms with Crippen LogP contribution in [0.5, 0.6) is 5.75 Å². The topological polar surface area (TPSA) is 70.2 Å². The maximum atomic E-state index is 12.4. The van der Waals surface area contributed by atoms with Crippen molar-refractivity contribution in [3.8, 4) is 5.75 Å². The maximum Gasteiger partial charge on any atom is 0.252 e. The molecule has 3 heterocycles. The minimum Gasteiger partial charge on any atom is -0.497 e. The molecule has 6 heteroatoms. The third-order valence-corrected chi connectivity index (χ3v) is 5.82. The van der Waals surface area contributed by atoms with Gasteiger partial charge in [0.25, 0.3) is 5.56 Å². The normalized spacial score (nSPS) is 25.6. The van der Waals surface area contributed by atoms with E-state index in [1.807, 2.05) is 12.1 Å². The second-order valence-corrected chi connectivity index (χ2v) is 7.84. The molecule has 6 nitrogen and oxygen atoms in total. The van der Waals surface area contributed by atoms with Crippen LogP contribution in [0, 0.1) is 5.92 Å². The number of benzene rings is 1. The van der Waals surface area contributed by atoms with Crippen molar-refractivity contribution in [1.29, 1.82) is 0 Å². The fourth-order valence-electron chi connectivity index (χ4n) is 4.40. The van der Waals surface area contributed by atoms with Crippen LogP contribution in [0.2, 0.25) is 0 Å². The number of hydrogen-bond acceptors (Lipinski definition) is 5. The average Bonchev–Trinajstić information content (AvgIpc) is 3.17. The molecule has 1 aromatic carbocycles. The molecule has 2 saturated heterocycles. The quantitative estimate of drug-likeness (QED) is 0.868. The minimum absolute atomic E-state index is 0.0653. The Labute approximate surface area is 160 Å². The summed E-state index contributed by atoms with van der Waals surface area (Å²) in [4.78, 5) is 22.4. The van der Waals surface area contributed by atoms with Gasteiger partial charge in [-0.25, -0.2) is 4.98 Å². The first kappa shape index (κ1) is 18.0. The summed E-state index contributed by atoms with van der Waals surface area (Å²) in [5.74, 6) is 2.67. The fraction of sp³-hybridized carbons (Fsp3) is 0.524. The maximum absolute atomic E-state index is 12.4. The summed E-state index contributed by atoms with van der Waals surface area (Å²) in [7, 11) is 1.69. The lowest BCUT2D eigenvalue weighted by Crippen LogP contribution is -2.36. The Morgan fingerprint density at radius 1 is 1.22 bits per heavy atom. The molecule has 0 spiro atoms. The third kappa shape index (κ3) is 3.86. The van der Waals surface area contributed by atoms with Gasteiger partial charge in [-0.2, -0.15) is 0 Å². The van der Waals surface area contributed by atoms with Crippen LogP contribution in [0.15, 0.2) is 35.1 Å². The minimum atomic E-state index is -0.0653. The summed E-state index contributed by atoms with van der Waals surface area (Å²) in [6.07, 6.45) is 2.39. The number of anilines is 1. The predicted molar refractivity (Wildman–Crippen MR) is 107 cm³/mol. The van der Waals surface area contributed by atoms with E-state index >= 15 is 0 Å². The van der Waals surface area contributed by atoms with Crippen molar-refractivity contribution in [2.24, 2.45) is 5.92 Å². The van der Waals surface area contributed by atoms with E-state index in [9.17, 15) is 4.79 Å². The van der Waals surface area contributed by atoms with Gasteiger partial charge in [-0.1, -0.05) is 19.1 Å². The SMILES string of the molecule is COc1cccc([C@@H]2CNC[C@H]2c2cc(=O)[nH]c(N3CCC[C@@H](C)C3)n2)c1. The molecule has 2 fully saturated rings. The monoisotopic (exact) mass is 368 g/mol. The van der Waals surface area contributed by atoms with E-state index in [1.165, 1.54) is 12.0 Å². The molecule has 2 aromatic rings. The Balaban J connectivity index is 1.64. The van der Waals surface area contributed by atoms with Gasteiger partial charge in [0.05, 0.1) is 12.8 Å². The third-order valence-electron chi connectivity index (χ3n) is 5.82. The number of nitrogens with zero attached hydrogens (tertiary/aromatic N) is 2. The Hall–Kier alpha value is -2.34. The molecule has 2 aliphatic rings. The van der Waals surface area contributed by atoms with E-state index < -0.39 is 0 Å². The summed E-state index contributed by atoms with van der Waals surface area (Å²) in [6.45, 7) is 5.87. The largest absolute Gasteiger partial charge is 0.497 e. The molecular formula is C21H28N4O2. The smallest absolute Gasteiger partial charge is 0.252 e. The molecule has 0 radical (unpaired) electrons. The molecule has 2 aliphatic heterocycles. The highest BCUT2D eigenvalue weighted by Crippen LogP contribution is 2.36. The van der Waals surface area contributed by atoms with Gasteiger partial charge in [0.2, 0.25) is 5.95 Å². The molecule has 4 rings (SSSR count). The number of aromatic nitrogens is 2. The Morgan fingerprint density at radius 3 is 2.89 bits per heavy atom. The highest BCUT2D eigenvalue weighted by Gasteiger charge is 2.32. The van der Waals surface area contributed by atoms with Crippen LogP contribution in [0.4, 0.5) is 5.95 Å². The summed E-state index contributed by atoms with van der Waals surface area (Å²) in [5.41, 5.74) is 2.04. The highest BCUT2D eigenvalue weighted by molar-refractivity contribution is 5.37. The molecule has 144 valence electrons. The van der Waals surface area contributed by atoms with Gasteiger partial charge in [-0.05, 0) is 36.5 Å². The predicted octanol–water partition coefficient (Wildman–Crippen LogP) is 2.49. The van der Waals surface area contributed by atoms with Crippen LogP contribution < -0.4 is 20.5 Å². The van der Waals surface area contributed by atoms with Crippen LogP contribution in [0.1, 0.15) is 42.9 Å². The average molecular weight is 368 g/mol. The first-order valence-corrected chi connectivity index (χ1v) is 9.85. The second-order valence-electron chi connectivity index (χ2n) is 7.84. The van der Waals surface area contributed by atoms with Crippen LogP contribution in [0.3, 0.4) is 0 Å². The number of H-pyrrole nitrogens is 1. The van der Waals surface area contributed by atoms with Crippen LogP contribution in [-0.4, -0.2) is 43.3 Å². The first-order chi connectivity index (χ1) is 13.1. The Kier molecular flexibility index (Phi) is 5.16. The van der Waals surface area contributed by atoms with E-state index in [2.05, 4.69) is 34.3 Å². The first-order valence-electron chi connectivity index (χ1n) is 9.85. The van der Waals surface area contributed by atoms with Crippen molar-refractivity contribution in [3.63, 3.8) is 0 Å². The Bertz CT molecular complexity index is 850. The zero-order valence-corrected chi connectivity index (χ0v) is 16.1. The summed E-state index contributed by atoms with van der Waals surface area (Å²) >= 11 is 0. The van der Waals surface area contributed by atoms with Gasteiger partial charge >= 0.3 is 0 Å². The lowest BCUT2D eigenvalue weighted by atomic mass is 9.86. The van der Waals surface area contributed by atoms with Gasteiger partial charge in [0.1, 0.15) is 5.75 Å². The van der Waals surface area contributed by atoms with Crippen LogP contribution in [-0.2, 0) is 0 Å². The van der Waals surface area contributed by atoms with Gasteiger partial charge in [-0.15, -0.1) is 0 Å². The summed E-state index contributed by atoms with van der Waals surface area (Å²) < 4.78 is 5.39. The lowest BCUT2D eigenvalue weighted by molar-refractivity contribution is 0.413. The summed E-state index contributed by atoms with van der Waals surface area (Å²) in [6, 6.07) is 9.87. The van der Waals surface area contributed by atoms with Crippen molar-refractivity contribution in [3.05, 3.63) is 51.9 Å². The second kappa shape index (κ2) is 7.72. The van der Waals surface area contributed by atoms with Crippen molar-refractivity contribution >= 4 is 5.95 Å². The van der Waals surface area contributed by atoms with Crippen molar-refractivity contribution in [2.75, 3.05) is 38.2 Å². The van der Waals surface area contributed by atoms with E-state index in [0.29, 0.717) is 5.92 Å². The molecule has 0 amide bonds. The molecular weight excluding hydrogens is 340 g/mol. The number of hydrogen-bond donors (Lipinski definition) is 2. The number of methoxy groups -OCH3 is 1. The van der Waals surface area contributed by atoms with E-state index in [0.717, 1.165) is 50.0 Å². The van der Waals surface area contributed by atoms with Gasteiger partial charge in [0, 0.05) is 44.1 Å². The zero-order valence-electron chi connectivity index (χ0n) is 16.1. The van der Waals surface area contributed by atoms with E-state index in [1.54, 1.807) is 13.2 Å². The van der Waals surface area contributed by atoms with Gasteiger partial charge in [0.15, 0.2) is 0 Å². The van der Waals surface area contributed by atoms with Crippen molar-refractivity contribution in [1.82, 2.24) is 15.3 Å². The standard InChI is InChI=1S/C21H28N4O2/c1-14-5-4-8-25(13-14)21-23-19(10-20(26)24-21)18-12-22-11-17(18)15-6-3-7-16(9-15)27-2/h3,6-7,9-10,14,17-18,22H,4-5,8,11-13H2,1-2H3,(H,23,24,26)/t14-,17+,18-/m1/s1. The zero-order chi connectivity index (χ0) is 18.8. The number of piperidine rings is 1. The Morgan fingerprint density at radius 2 is 2.07 bits per heavy atom. The van der Waals surface area contributed by atoms with Crippen molar-refractivity contribution in [2.45, 2.75) is 31.6 Å². The number of nitrogens with one attached hydrogen (secondary N) is 2. The van der Waals surface area contributed by atoms with Gasteiger partial charge < -0.3 is 15.0 Å². The molecule has 27 heavy (non-hydrogen) atoms. The number of aromatic amines is 1. The summed E-state index contributed by atoms with van der Waals surface area (Å²) in [5, 5.41) is 3.48. The number of rotatable bonds is 4. The van der Waals surface area contributed by atoms with Crippen molar-refractivity contribution < 1.29 is 4.74 Å². The number of ether oxygens (including phenoxy) is 1. The lowest BCUT2D eigenvalue weighted by Gasteiger charge is -2.31. The fourth-order valence-corrected chi connectivity index (χ4v) is 4.40. The molecule has 1 aromatic heterocycles. The van der Waals surface area contributed by atoms with E-state index in [-0.39, 0.29) is 17.4 Å². The highest BCUT2D eigenvalue weighted by atomic mass is 16.5.